The summed E-state index contributed by atoms with van der Waals surface area (Å²) in [4.78, 5) is 10.4. The van der Waals surface area contributed by atoms with Crippen LogP contribution in [-0.2, 0) is 0 Å². The zero-order valence-electron chi connectivity index (χ0n) is 9.00. The first-order chi connectivity index (χ1) is 7.17. The van der Waals surface area contributed by atoms with Gasteiger partial charge in [0.05, 0.1) is 6.61 Å². The average Bonchev–Trinajstić information content (AvgIpc) is 2.26. The highest BCUT2D eigenvalue weighted by Crippen LogP contribution is 2.18. The first-order valence-corrected chi connectivity index (χ1v) is 5.05. The summed E-state index contributed by atoms with van der Waals surface area (Å²) in [6, 6.07) is 4.21. The van der Waals surface area contributed by atoms with Crippen molar-refractivity contribution in [3.05, 3.63) is 29.6 Å². The van der Waals surface area contributed by atoms with Crippen molar-refractivity contribution in [2.75, 3.05) is 6.61 Å². The highest BCUT2D eigenvalue weighted by atomic mass is 19.1. The Hall–Kier alpha value is -1.38. The molecule has 1 aromatic rings. The van der Waals surface area contributed by atoms with E-state index >= 15 is 0 Å². The molecule has 0 saturated heterocycles. The van der Waals surface area contributed by atoms with Crippen molar-refractivity contribution in [1.29, 1.82) is 0 Å². The van der Waals surface area contributed by atoms with Gasteiger partial charge in [-0.15, -0.1) is 0 Å². The summed E-state index contributed by atoms with van der Waals surface area (Å²) in [5.74, 6) is 0.124. The van der Waals surface area contributed by atoms with Gasteiger partial charge < -0.3 is 4.74 Å². The largest absolute Gasteiger partial charge is 0.490 e. The third kappa shape index (κ3) is 3.35. The van der Waals surface area contributed by atoms with Crippen molar-refractivity contribution in [3.8, 4) is 5.75 Å². The van der Waals surface area contributed by atoms with Crippen LogP contribution in [0.3, 0.4) is 0 Å². The molecule has 0 bridgehead atoms. The van der Waals surface area contributed by atoms with E-state index in [-0.39, 0.29) is 5.75 Å². The third-order valence-corrected chi connectivity index (χ3v) is 2.31. The molecule has 1 aromatic carbocycles. The van der Waals surface area contributed by atoms with Gasteiger partial charge in [0, 0.05) is 5.56 Å². The molecule has 0 aliphatic heterocycles. The molecule has 0 heterocycles. The molecular weight excluding hydrogens is 195 g/mol. The second kappa shape index (κ2) is 5.49. The minimum atomic E-state index is -0.483. The number of aldehydes is 1. The number of benzene rings is 1. The van der Waals surface area contributed by atoms with Crippen LogP contribution < -0.4 is 4.74 Å². The van der Waals surface area contributed by atoms with Gasteiger partial charge in [0.2, 0.25) is 0 Å². The summed E-state index contributed by atoms with van der Waals surface area (Å²) in [5.41, 5.74) is 0.323. The zero-order valence-corrected chi connectivity index (χ0v) is 9.00. The summed E-state index contributed by atoms with van der Waals surface area (Å²) in [6.07, 6.45) is 1.61. The smallest absolute Gasteiger partial charge is 0.165 e. The Bertz CT molecular complexity index is 336. The van der Waals surface area contributed by atoms with E-state index in [9.17, 15) is 9.18 Å². The van der Waals surface area contributed by atoms with E-state index in [4.69, 9.17) is 4.74 Å². The van der Waals surface area contributed by atoms with E-state index in [1.54, 1.807) is 6.07 Å². The SMILES string of the molecule is CCC(C)COc1ccc(C=O)cc1F. The summed E-state index contributed by atoms with van der Waals surface area (Å²) in [5, 5.41) is 0. The van der Waals surface area contributed by atoms with Crippen molar-refractivity contribution in [1.82, 2.24) is 0 Å². The van der Waals surface area contributed by atoms with Gasteiger partial charge in [-0.2, -0.15) is 0 Å². The van der Waals surface area contributed by atoms with E-state index in [0.717, 1.165) is 6.42 Å². The Kier molecular flexibility index (Phi) is 4.28. The summed E-state index contributed by atoms with van der Waals surface area (Å²) >= 11 is 0. The molecule has 0 radical (unpaired) electrons. The molecule has 82 valence electrons. The molecule has 0 fully saturated rings. The minimum Gasteiger partial charge on any atom is -0.490 e. The van der Waals surface area contributed by atoms with E-state index < -0.39 is 5.82 Å². The van der Waals surface area contributed by atoms with Crippen LogP contribution in [0.2, 0.25) is 0 Å². The van der Waals surface area contributed by atoms with Gasteiger partial charge in [0.25, 0.3) is 0 Å². The zero-order chi connectivity index (χ0) is 11.3. The number of rotatable bonds is 5. The van der Waals surface area contributed by atoms with Crippen LogP contribution in [0.1, 0.15) is 30.6 Å². The molecule has 0 spiro atoms. The molecule has 0 saturated carbocycles. The first kappa shape index (κ1) is 11.7. The number of hydrogen-bond acceptors (Lipinski definition) is 2. The lowest BCUT2D eigenvalue weighted by atomic mass is 10.1. The topological polar surface area (TPSA) is 26.3 Å². The van der Waals surface area contributed by atoms with Crippen LogP contribution in [-0.4, -0.2) is 12.9 Å². The van der Waals surface area contributed by atoms with Gasteiger partial charge in [0.1, 0.15) is 6.29 Å². The molecular formula is C12H15FO2. The average molecular weight is 210 g/mol. The molecule has 1 unspecified atom stereocenters. The van der Waals surface area contributed by atoms with E-state index in [1.807, 2.05) is 6.92 Å². The van der Waals surface area contributed by atoms with Crippen molar-refractivity contribution in [2.45, 2.75) is 20.3 Å². The highest BCUT2D eigenvalue weighted by molar-refractivity contribution is 5.74. The van der Waals surface area contributed by atoms with Gasteiger partial charge in [-0.05, 0) is 24.1 Å². The Morgan fingerprint density at radius 1 is 1.53 bits per heavy atom. The molecule has 0 N–H and O–H groups in total. The van der Waals surface area contributed by atoms with Gasteiger partial charge >= 0.3 is 0 Å². The van der Waals surface area contributed by atoms with Crippen LogP contribution in [0.15, 0.2) is 18.2 Å². The van der Waals surface area contributed by atoms with E-state index in [0.29, 0.717) is 24.4 Å². The fourth-order valence-corrected chi connectivity index (χ4v) is 1.06. The van der Waals surface area contributed by atoms with Crippen LogP contribution in [0.4, 0.5) is 4.39 Å². The molecule has 0 aliphatic carbocycles. The Morgan fingerprint density at radius 3 is 2.80 bits per heavy atom. The standard InChI is InChI=1S/C12H15FO2/c1-3-9(2)8-15-12-5-4-10(7-14)6-11(12)13/h4-7,9H,3,8H2,1-2H3. The predicted octanol–water partition coefficient (Wildman–Crippen LogP) is 3.06. The van der Waals surface area contributed by atoms with E-state index in [2.05, 4.69) is 6.92 Å². The fraction of sp³-hybridized carbons (Fsp3) is 0.417. The van der Waals surface area contributed by atoms with Gasteiger partial charge in [-0.3, -0.25) is 4.79 Å². The van der Waals surface area contributed by atoms with Gasteiger partial charge in [0.15, 0.2) is 11.6 Å². The normalized spacial score (nSPS) is 12.2. The van der Waals surface area contributed by atoms with Crippen molar-refractivity contribution in [3.63, 3.8) is 0 Å². The molecule has 1 atom stereocenters. The highest BCUT2D eigenvalue weighted by Gasteiger charge is 2.06. The van der Waals surface area contributed by atoms with Crippen LogP contribution in [0, 0.1) is 11.7 Å². The molecule has 1 rings (SSSR count). The Balaban J connectivity index is 2.65. The monoisotopic (exact) mass is 210 g/mol. The lowest BCUT2D eigenvalue weighted by Crippen LogP contribution is -2.08. The number of hydrogen-bond donors (Lipinski definition) is 0. The van der Waals surface area contributed by atoms with Gasteiger partial charge in [-0.25, -0.2) is 4.39 Å². The van der Waals surface area contributed by atoms with Crippen LogP contribution >= 0.6 is 0 Å². The number of carbonyl (C=O) groups excluding carboxylic acids is 1. The molecule has 0 aromatic heterocycles. The first-order valence-electron chi connectivity index (χ1n) is 5.05. The Labute approximate surface area is 89.1 Å². The summed E-state index contributed by atoms with van der Waals surface area (Å²) in [7, 11) is 0. The number of ether oxygens (including phenoxy) is 1. The summed E-state index contributed by atoms with van der Waals surface area (Å²) in [6.45, 7) is 4.59. The maximum absolute atomic E-state index is 13.3. The molecule has 0 amide bonds. The number of halogens is 1. The maximum atomic E-state index is 13.3. The number of carbonyl (C=O) groups is 1. The van der Waals surface area contributed by atoms with Crippen LogP contribution in [0.25, 0.3) is 0 Å². The molecule has 15 heavy (non-hydrogen) atoms. The van der Waals surface area contributed by atoms with Crippen molar-refractivity contribution >= 4 is 6.29 Å². The second-order valence-electron chi connectivity index (χ2n) is 3.63. The maximum Gasteiger partial charge on any atom is 0.165 e. The Morgan fingerprint density at radius 2 is 2.27 bits per heavy atom. The lowest BCUT2D eigenvalue weighted by Gasteiger charge is -2.11. The molecule has 2 nitrogen and oxygen atoms in total. The van der Waals surface area contributed by atoms with E-state index in [1.165, 1.54) is 12.1 Å². The minimum absolute atomic E-state index is 0.209. The predicted molar refractivity (Wildman–Crippen MR) is 56.7 cm³/mol. The fourth-order valence-electron chi connectivity index (χ4n) is 1.06. The van der Waals surface area contributed by atoms with Gasteiger partial charge in [-0.1, -0.05) is 20.3 Å². The molecule has 3 heteroatoms. The quantitative estimate of drug-likeness (QED) is 0.698. The summed E-state index contributed by atoms with van der Waals surface area (Å²) < 4.78 is 18.6. The molecule has 0 aliphatic rings. The third-order valence-electron chi connectivity index (χ3n) is 2.31. The van der Waals surface area contributed by atoms with Crippen molar-refractivity contribution in [2.24, 2.45) is 5.92 Å². The van der Waals surface area contributed by atoms with Crippen LogP contribution in [0.5, 0.6) is 5.75 Å². The van der Waals surface area contributed by atoms with Crippen molar-refractivity contribution < 1.29 is 13.9 Å². The second-order valence-corrected chi connectivity index (χ2v) is 3.63. The lowest BCUT2D eigenvalue weighted by molar-refractivity contribution is 0.112.